The molecule has 5 heteroatoms. The van der Waals surface area contributed by atoms with Gasteiger partial charge in [0.05, 0.1) is 15.5 Å². The molecule has 2 rings (SSSR count). The molecule has 0 aliphatic carbocycles. The maximum atomic E-state index is 13.8. The molecule has 2 aromatic carbocycles. The third-order valence-electron chi connectivity index (χ3n) is 2.34. The first-order valence-electron chi connectivity index (χ1n) is 4.79. The van der Waals surface area contributed by atoms with Crippen molar-refractivity contribution in [3.63, 3.8) is 0 Å². The molecule has 0 N–H and O–H groups in total. The van der Waals surface area contributed by atoms with E-state index in [0.29, 0.717) is 0 Å². The summed E-state index contributed by atoms with van der Waals surface area (Å²) in [5, 5.41) is 10.8. The molecule has 0 aliphatic rings. The van der Waals surface area contributed by atoms with Crippen molar-refractivity contribution in [1.29, 1.82) is 0 Å². The summed E-state index contributed by atoms with van der Waals surface area (Å²) in [6.07, 6.45) is 0. The van der Waals surface area contributed by atoms with Crippen LogP contribution < -0.4 is 0 Å². The van der Waals surface area contributed by atoms with Crippen LogP contribution in [0.4, 0.5) is 10.1 Å². The molecule has 3 nitrogen and oxygen atoms in total. The van der Waals surface area contributed by atoms with Crippen molar-refractivity contribution in [2.45, 2.75) is 0 Å². The Kier molecular flexibility index (Phi) is 3.06. The number of rotatable bonds is 2. The van der Waals surface area contributed by atoms with Gasteiger partial charge in [0.1, 0.15) is 5.82 Å². The summed E-state index contributed by atoms with van der Waals surface area (Å²) in [6.45, 7) is 0. The van der Waals surface area contributed by atoms with Crippen LogP contribution in [0.15, 0.2) is 42.5 Å². The van der Waals surface area contributed by atoms with Crippen molar-refractivity contribution < 1.29 is 9.31 Å². The van der Waals surface area contributed by atoms with Gasteiger partial charge in [0.25, 0.3) is 5.69 Å². The Morgan fingerprint density at radius 2 is 1.71 bits per heavy atom. The number of hydrogen-bond acceptors (Lipinski definition) is 2. The van der Waals surface area contributed by atoms with Gasteiger partial charge in [0.2, 0.25) is 0 Å². The Balaban J connectivity index is 2.69. The van der Waals surface area contributed by atoms with Crippen LogP contribution >= 0.6 is 11.6 Å². The van der Waals surface area contributed by atoms with Gasteiger partial charge in [-0.2, -0.15) is 0 Å². The highest BCUT2D eigenvalue weighted by Gasteiger charge is 2.18. The van der Waals surface area contributed by atoms with E-state index < -0.39 is 10.7 Å². The molecule has 0 saturated carbocycles. The Hall–Kier alpha value is -1.94. The summed E-state index contributed by atoms with van der Waals surface area (Å²) in [6, 6.07) is 10.4. The first kappa shape index (κ1) is 11.5. The topological polar surface area (TPSA) is 43.1 Å². The number of nitro benzene ring substituents is 1. The third-order valence-corrected chi connectivity index (χ3v) is 2.63. The van der Waals surface area contributed by atoms with Crippen LogP contribution in [0.5, 0.6) is 0 Å². The molecule has 0 radical (unpaired) electrons. The van der Waals surface area contributed by atoms with E-state index in [1.165, 1.54) is 30.3 Å². The van der Waals surface area contributed by atoms with E-state index in [0.717, 1.165) is 0 Å². The average molecular weight is 252 g/mol. The van der Waals surface area contributed by atoms with Gasteiger partial charge in [-0.05, 0) is 12.1 Å². The van der Waals surface area contributed by atoms with Crippen molar-refractivity contribution in [2.75, 3.05) is 0 Å². The minimum Gasteiger partial charge on any atom is -0.258 e. The second-order valence-electron chi connectivity index (χ2n) is 3.38. The Morgan fingerprint density at radius 1 is 1.06 bits per heavy atom. The summed E-state index contributed by atoms with van der Waals surface area (Å²) >= 11 is 5.65. The van der Waals surface area contributed by atoms with Gasteiger partial charge in [-0.25, -0.2) is 4.39 Å². The molecule has 2 aromatic rings. The van der Waals surface area contributed by atoms with Gasteiger partial charge < -0.3 is 0 Å². The second-order valence-corrected chi connectivity index (χ2v) is 3.78. The molecule has 0 bridgehead atoms. The van der Waals surface area contributed by atoms with Gasteiger partial charge in [-0.1, -0.05) is 35.9 Å². The maximum absolute atomic E-state index is 13.8. The zero-order chi connectivity index (χ0) is 12.4. The number of nitro groups is 1. The Morgan fingerprint density at radius 3 is 2.41 bits per heavy atom. The summed E-state index contributed by atoms with van der Waals surface area (Å²) in [4.78, 5) is 10.3. The number of hydrogen-bond donors (Lipinski definition) is 0. The van der Waals surface area contributed by atoms with Crippen LogP contribution in [-0.4, -0.2) is 4.92 Å². The molecule has 0 aromatic heterocycles. The number of halogens is 2. The summed E-state index contributed by atoms with van der Waals surface area (Å²) in [5.74, 6) is -0.650. The van der Waals surface area contributed by atoms with Gasteiger partial charge in [0, 0.05) is 11.6 Å². The van der Waals surface area contributed by atoms with Crippen LogP contribution in [0.2, 0.25) is 5.02 Å². The summed E-state index contributed by atoms with van der Waals surface area (Å²) in [5.41, 5.74) is 0.205. The van der Waals surface area contributed by atoms with E-state index in [2.05, 4.69) is 0 Å². The molecule has 0 amide bonds. The Bertz CT molecular complexity index is 586. The summed E-state index contributed by atoms with van der Waals surface area (Å²) in [7, 11) is 0. The van der Waals surface area contributed by atoms with Crippen molar-refractivity contribution >= 4 is 17.3 Å². The highest BCUT2D eigenvalue weighted by Crippen LogP contribution is 2.33. The first-order chi connectivity index (χ1) is 8.11. The highest BCUT2D eigenvalue weighted by atomic mass is 35.5. The van der Waals surface area contributed by atoms with E-state index in [9.17, 15) is 14.5 Å². The fraction of sp³-hybridized carbons (Fsp3) is 0. The molecular weight excluding hydrogens is 245 g/mol. The minimum absolute atomic E-state index is 0.0550. The molecule has 0 heterocycles. The van der Waals surface area contributed by atoms with Gasteiger partial charge in [-0.3, -0.25) is 10.1 Å². The molecule has 0 spiro atoms. The van der Waals surface area contributed by atoms with Crippen LogP contribution in [-0.2, 0) is 0 Å². The molecule has 0 atom stereocenters. The number of para-hydroxylation sites is 1. The lowest BCUT2D eigenvalue weighted by Crippen LogP contribution is -1.93. The number of nitrogens with zero attached hydrogens (tertiary/aromatic N) is 1. The smallest absolute Gasteiger partial charge is 0.258 e. The molecular formula is C12H7ClFNO2. The highest BCUT2D eigenvalue weighted by molar-refractivity contribution is 6.31. The van der Waals surface area contributed by atoms with Crippen molar-refractivity contribution in [2.24, 2.45) is 0 Å². The summed E-state index contributed by atoms with van der Waals surface area (Å²) < 4.78 is 13.8. The van der Waals surface area contributed by atoms with Crippen molar-refractivity contribution in [3.05, 3.63) is 63.4 Å². The fourth-order valence-electron chi connectivity index (χ4n) is 1.57. The standard InChI is InChI=1S/C12H7ClFNO2/c13-10-6-3-5-9(12(10)14)8-4-1-2-7-11(8)15(16)17/h1-7H. The van der Waals surface area contributed by atoms with E-state index in [4.69, 9.17) is 11.6 Å². The first-order valence-corrected chi connectivity index (χ1v) is 5.17. The van der Waals surface area contributed by atoms with Gasteiger partial charge >= 0.3 is 0 Å². The van der Waals surface area contributed by atoms with Crippen LogP contribution in [0.25, 0.3) is 11.1 Å². The van der Waals surface area contributed by atoms with E-state index in [-0.39, 0.29) is 21.8 Å². The van der Waals surface area contributed by atoms with Crippen molar-refractivity contribution in [3.8, 4) is 11.1 Å². The lowest BCUT2D eigenvalue weighted by atomic mass is 10.0. The van der Waals surface area contributed by atoms with Crippen molar-refractivity contribution in [1.82, 2.24) is 0 Å². The van der Waals surface area contributed by atoms with E-state index >= 15 is 0 Å². The third kappa shape index (κ3) is 2.12. The Labute approximate surface area is 102 Å². The van der Waals surface area contributed by atoms with Crippen LogP contribution in [0, 0.1) is 15.9 Å². The number of benzene rings is 2. The zero-order valence-electron chi connectivity index (χ0n) is 8.56. The predicted octanol–water partition coefficient (Wildman–Crippen LogP) is 4.05. The molecule has 17 heavy (non-hydrogen) atoms. The molecule has 0 aliphatic heterocycles. The molecule has 0 saturated heterocycles. The lowest BCUT2D eigenvalue weighted by Gasteiger charge is -2.05. The zero-order valence-corrected chi connectivity index (χ0v) is 9.32. The van der Waals surface area contributed by atoms with Crippen LogP contribution in [0.1, 0.15) is 0 Å². The second kappa shape index (κ2) is 4.51. The minimum atomic E-state index is -0.650. The van der Waals surface area contributed by atoms with Crippen LogP contribution in [0.3, 0.4) is 0 Å². The quantitative estimate of drug-likeness (QED) is 0.597. The fourth-order valence-corrected chi connectivity index (χ4v) is 1.75. The van der Waals surface area contributed by atoms with E-state index in [1.54, 1.807) is 12.1 Å². The van der Waals surface area contributed by atoms with E-state index in [1.807, 2.05) is 0 Å². The SMILES string of the molecule is O=[N+]([O-])c1ccccc1-c1cccc(Cl)c1F. The maximum Gasteiger partial charge on any atom is 0.277 e. The average Bonchev–Trinajstić information content (AvgIpc) is 2.33. The normalized spacial score (nSPS) is 10.2. The molecule has 86 valence electrons. The predicted molar refractivity (Wildman–Crippen MR) is 63.5 cm³/mol. The van der Waals surface area contributed by atoms with Gasteiger partial charge in [0.15, 0.2) is 0 Å². The lowest BCUT2D eigenvalue weighted by molar-refractivity contribution is -0.384. The molecule has 0 fully saturated rings. The molecule has 0 unspecified atom stereocenters. The van der Waals surface area contributed by atoms with Gasteiger partial charge in [-0.15, -0.1) is 0 Å². The largest absolute Gasteiger partial charge is 0.277 e. The monoisotopic (exact) mass is 251 g/mol.